The number of hydrogen-bond acceptors (Lipinski definition) is 6. The van der Waals surface area contributed by atoms with Crippen LogP contribution in [0.2, 0.25) is 0 Å². The molecular formula is C21H29N3O6. The molecule has 30 heavy (non-hydrogen) atoms. The minimum atomic E-state index is -1.04. The average Bonchev–Trinajstić information content (AvgIpc) is 2.88. The number of ether oxygens (including phenoxy) is 2. The summed E-state index contributed by atoms with van der Waals surface area (Å²) in [5.41, 5.74) is 0.330. The molecule has 1 saturated heterocycles. The topological polar surface area (TPSA) is 114 Å². The van der Waals surface area contributed by atoms with Gasteiger partial charge in [-0.25, -0.2) is 4.79 Å². The van der Waals surface area contributed by atoms with Gasteiger partial charge in [-0.15, -0.1) is 0 Å². The van der Waals surface area contributed by atoms with Crippen LogP contribution in [0.3, 0.4) is 0 Å². The molecule has 2 rings (SSSR count). The molecule has 1 aliphatic rings. The Labute approximate surface area is 176 Å². The van der Waals surface area contributed by atoms with E-state index in [0.29, 0.717) is 23.8 Å². The van der Waals surface area contributed by atoms with Crippen LogP contribution >= 0.6 is 0 Å². The zero-order valence-corrected chi connectivity index (χ0v) is 18.0. The van der Waals surface area contributed by atoms with E-state index in [1.807, 2.05) is 26.8 Å². The number of urea groups is 1. The van der Waals surface area contributed by atoms with Crippen molar-refractivity contribution in [1.29, 1.82) is 0 Å². The Morgan fingerprint density at radius 2 is 1.97 bits per heavy atom. The average molecular weight is 419 g/mol. The number of benzene rings is 1. The van der Waals surface area contributed by atoms with Gasteiger partial charge in [0.25, 0.3) is 11.8 Å². The summed E-state index contributed by atoms with van der Waals surface area (Å²) in [4.78, 5) is 49.8. The second kappa shape index (κ2) is 9.60. The van der Waals surface area contributed by atoms with Gasteiger partial charge in [0, 0.05) is 0 Å². The molecule has 1 aliphatic heterocycles. The molecule has 164 valence electrons. The van der Waals surface area contributed by atoms with E-state index in [1.165, 1.54) is 7.11 Å². The summed E-state index contributed by atoms with van der Waals surface area (Å²) < 4.78 is 10.1. The number of hydrogen-bond donors (Lipinski definition) is 2. The fraction of sp³-hybridized carbons (Fsp3) is 0.524. The highest BCUT2D eigenvalue weighted by atomic mass is 16.5. The summed E-state index contributed by atoms with van der Waals surface area (Å²) in [7, 11) is 1.48. The van der Waals surface area contributed by atoms with E-state index in [-0.39, 0.29) is 0 Å². The first-order valence-electron chi connectivity index (χ1n) is 9.80. The van der Waals surface area contributed by atoms with E-state index in [0.717, 1.165) is 16.9 Å². The molecule has 0 saturated carbocycles. The molecule has 4 amide bonds. The van der Waals surface area contributed by atoms with Crippen LogP contribution in [0.5, 0.6) is 5.75 Å². The number of nitrogens with one attached hydrogen (secondary N) is 2. The predicted octanol–water partition coefficient (Wildman–Crippen LogP) is 2.23. The molecule has 9 heteroatoms. The maximum absolute atomic E-state index is 12.6. The molecule has 1 aromatic carbocycles. The quantitative estimate of drug-likeness (QED) is 0.469. The maximum Gasteiger partial charge on any atom is 0.326 e. The van der Waals surface area contributed by atoms with Gasteiger partial charge < -0.3 is 20.1 Å². The van der Waals surface area contributed by atoms with Crippen molar-refractivity contribution in [2.75, 3.05) is 25.6 Å². The second-order valence-corrected chi connectivity index (χ2v) is 8.00. The van der Waals surface area contributed by atoms with E-state index in [9.17, 15) is 19.2 Å². The van der Waals surface area contributed by atoms with Crippen molar-refractivity contribution in [3.63, 3.8) is 0 Å². The number of imide groups is 1. The highest BCUT2D eigenvalue weighted by Crippen LogP contribution is 2.26. The normalized spacial score (nSPS) is 18.4. The lowest BCUT2D eigenvalue weighted by molar-refractivity contribution is -0.150. The van der Waals surface area contributed by atoms with Gasteiger partial charge in [-0.05, 0) is 50.3 Å². The van der Waals surface area contributed by atoms with Crippen molar-refractivity contribution in [2.45, 2.75) is 46.1 Å². The van der Waals surface area contributed by atoms with Crippen LogP contribution in [0.4, 0.5) is 10.5 Å². The molecule has 1 aromatic rings. The lowest BCUT2D eigenvalue weighted by Gasteiger charge is -2.22. The Bertz CT molecular complexity index is 838. The number of carbonyl (C=O) groups is 4. The Kier molecular flexibility index (Phi) is 7.42. The van der Waals surface area contributed by atoms with Crippen molar-refractivity contribution in [3.8, 4) is 5.75 Å². The molecule has 9 nitrogen and oxygen atoms in total. The smallest absolute Gasteiger partial charge is 0.326 e. The lowest BCUT2D eigenvalue weighted by atomic mass is 9.92. The molecule has 1 atom stereocenters. The van der Waals surface area contributed by atoms with Gasteiger partial charge in [-0.2, -0.15) is 0 Å². The first-order valence-corrected chi connectivity index (χ1v) is 9.80. The second-order valence-electron chi connectivity index (χ2n) is 8.00. The zero-order chi connectivity index (χ0) is 22.5. The highest BCUT2D eigenvalue weighted by molar-refractivity contribution is 6.08. The van der Waals surface area contributed by atoms with Crippen molar-refractivity contribution in [1.82, 2.24) is 10.2 Å². The maximum atomic E-state index is 12.6. The van der Waals surface area contributed by atoms with Crippen LogP contribution in [0, 0.1) is 12.8 Å². The van der Waals surface area contributed by atoms with Gasteiger partial charge in [-0.3, -0.25) is 19.3 Å². The molecule has 0 radical (unpaired) electrons. The number of rotatable bonds is 9. The summed E-state index contributed by atoms with van der Waals surface area (Å²) in [6.45, 7) is 6.45. The molecule has 2 N–H and O–H groups in total. The molecule has 0 aromatic heterocycles. The Balaban J connectivity index is 1.88. The third-order valence-corrected chi connectivity index (χ3v) is 4.85. The first-order chi connectivity index (χ1) is 14.1. The number of carbonyl (C=O) groups excluding carboxylic acids is 4. The number of aryl methyl sites for hydroxylation is 1. The zero-order valence-electron chi connectivity index (χ0n) is 18.0. The van der Waals surface area contributed by atoms with Crippen LogP contribution < -0.4 is 15.4 Å². The van der Waals surface area contributed by atoms with Crippen LogP contribution in [0.1, 0.15) is 39.2 Å². The van der Waals surface area contributed by atoms with Crippen molar-refractivity contribution >= 4 is 29.5 Å². The van der Waals surface area contributed by atoms with Crippen LogP contribution in [-0.2, 0) is 19.1 Å². The molecule has 1 heterocycles. The summed E-state index contributed by atoms with van der Waals surface area (Å²) >= 11 is 0. The van der Waals surface area contributed by atoms with Gasteiger partial charge >= 0.3 is 12.0 Å². The van der Waals surface area contributed by atoms with Crippen molar-refractivity contribution in [2.24, 2.45) is 5.92 Å². The summed E-state index contributed by atoms with van der Waals surface area (Å²) in [6.07, 6.45) is 1.23. The van der Waals surface area contributed by atoms with E-state index >= 15 is 0 Å². The van der Waals surface area contributed by atoms with Gasteiger partial charge in [0.05, 0.1) is 12.8 Å². The third-order valence-electron chi connectivity index (χ3n) is 4.85. The Hall–Kier alpha value is -3.10. The minimum absolute atomic E-state index is 0.371. The van der Waals surface area contributed by atoms with Crippen LogP contribution in [0.25, 0.3) is 0 Å². The molecule has 0 aliphatic carbocycles. The first kappa shape index (κ1) is 23.2. The van der Waals surface area contributed by atoms with E-state index in [1.54, 1.807) is 19.1 Å². The molecular weight excluding hydrogens is 390 g/mol. The van der Waals surface area contributed by atoms with Gasteiger partial charge in [0.15, 0.2) is 6.61 Å². The van der Waals surface area contributed by atoms with E-state index in [2.05, 4.69) is 10.6 Å². The van der Waals surface area contributed by atoms with Gasteiger partial charge in [0.2, 0.25) is 0 Å². The number of esters is 1. The number of methoxy groups -OCH3 is 1. The highest BCUT2D eigenvalue weighted by Gasteiger charge is 2.48. The molecule has 0 spiro atoms. The van der Waals surface area contributed by atoms with Crippen molar-refractivity contribution in [3.05, 3.63) is 23.8 Å². The largest absolute Gasteiger partial charge is 0.495 e. The number of nitrogens with zero attached hydrogens (tertiary/aromatic N) is 1. The van der Waals surface area contributed by atoms with Crippen LogP contribution in [-0.4, -0.2) is 54.5 Å². The van der Waals surface area contributed by atoms with E-state index < -0.39 is 42.5 Å². The van der Waals surface area contributed by atoms with Gasteiger partial charge in [0.1, 0.15) is 17.8 Å². The molecule has 0 unspecified atom stereocenters. The summed E-state index contributed by atoms with van der Waals surface area (Å²) in [5.74, 6) is -1.04. The molecule has 1 fully saturated rings. The Morgan fingerprint density at radius 3 is 2.60 bits per heavy atom. The fourth-order valence-electron chi connectivity index (χ4n) is 3.06. The number of anilines is 1. The number of amides is 4. The third kappa shape index (κ3) is 5.71. The lowest BCUT2D eigenvalue weighted by Crippen LogP contribution is -2.44. The van der Waals surface area contributed by atoms with Gasteiger partial charge in [-0.1, -0.05) is 19.9 Å². The Morgan fingerprint density at radius 1 is 1.27 bits per heavy atom. The predicted molar refractivity (Wildman–Crippen MR) is 110 cm³/mol. The molecule has 0 bridgehead atoms. The summed E-state index contributed by atoms with van der Waals surface area (Å²) in [6, 6.07) is 4.63. The summed E-state index contributed by atoms with van der Waals surface area (Å²) in [5, 5.41) is 5.25. The SMILES string of the molecule is COc1ccc(C)cc1NC(=O)COC(=O)CN1C(=O)N[C@](C)(CCC(C)C)C1=O. The monoisotopic (exact) mass is 419 g/mol. The van der Waals surface area contributed by atoms with E-state index in [4.69, 9.17) is 9.47 Å². The standard InChI is InChI=1S/C21H29N3O6/c1-13(2)8-9-21(4)19(27)24(20(28)23-21)11-18(26)30-12-17(25)22-15-10-14(3)6-7-16(15)29-5/h6-7,10,13H,8-9,11-12H2,1-5H3,(H,22,25)(H,23,28)/t21-/m1/s1. The van der Waals surface area contributed by atoms with Crippen LogP contribution in [0.15, 0.2) is 18.2 Å². The minimum Gasteiger partial charge on any atom is -0.495 e. The fourth-order valence-corrected chi connectivity index (χ4v) is 3.06. The van der Waals surface area contributed by atoms with Crippen molar-refractivity contribution < 1.29 is 28.7 Å².